The van der Waals surface area contributed by atoms with E-state index in [2.05, 4.69) is 57.2 Å². The molecule has 0 unspecified atom stereocenters. The van der Waals surface area contributed by atoms with Crippen LogP contribution in [0.5, 0.6) is 0 Å². The van der Waals surface area contributed by atoms with Gasteiger partial charge in [-0.15, -0.1) is 11.8 Å². The van der Waals surface area contributed by atoms with E-state index in [1.54, 1.807) is 17.8 Å². The largest absolute Gasteiger partial charge is 0.366 e. The molecule has 3 N–H and O–H groups in total. The molecule has 4 aromatic carbocycles. The Morgan fingerprint density at radius 2 is 1.51 bits per heavy atom. The highest BCUT2D eigenvalue weighted by Gasteiger charge is 2.22. The Morgan fingerprint density at radius 1 is 0.821 bits per heavy atom. The van der Waals surface area contributed by atoms with Gasteiger partial charge in [-0.3, -0.25) is 4.79 Å². The van der Waals surface area contributed by atoms with Gasteiger partial charge in [0.25, 0.3) is 5.91 Å². The molecule has 7 heteroatoms. The van der Waals surface area contributed by atoms with Gasteiger partial charge in [0.2, 0.25) is 0 Å². The molecule has 198 valence electrons. The van der Waals surface area contributed by atoms with Crippen molar-refractivity contribution in [2.75, 3.05) is 34.9 Å². The van der Waals surface area contributed by atoms with E-state index in [1.165, 1.54) is 16.7 Å². The smallest absolute Gasteiger partial charge is 0.323 e. The Balaban J connectivity index is 1.33. The number of hydrogen-bond donors (Lipinski definition) is 3. The van der Waals surface area contributed by atoms with Crippen molar-refractivity contribution >= 4 is 40.8 Å². The fourth-order valence-corrected chi connectivity index (χ4v) is 5.21. The van der Waals surface area contributed by atoms with Gasteiger partial charge in [-0.05, 0) is 78.3 Å². The molecule has 0 spiro atoms. The van der Waals surface area contributed by atoms with Crippen molar-refractivity contribution in [1.82, 2.24) is 5.32 Å². The molecule has 6 nitrogen and oxygen atoms in total. The number of anilines is 3. The lowest BCUT2D eigenvalue weighted by atomic mass is 9.98. The Hall–Kier alpha value is -4.23. The normalized spacial score (nSPS) is 12.4. The molecular weight excluding hydrogens is 504 g/mol. The summed E-state index contributed by atoms with van der Waals surface area (Å²) < 4.78 is 0. The van der Waals surface area contributed by atoms with Gasteiger partial charge in [0, 0.05) is 41.6 Å². The summed E-state index contributed by atoms with van der Waals surface area (Å²) in [5.41, 5.74) is 6.46. The molecule has 39 heavy (non-hydrogen) atoms. The van der Waals surface area contributed by atoms with Crippen LogP contribution in [-0.4, -0.2) is 31.3 Å². The number of thioether (sulfide) groups is 1. The number of nitrogens with one attached hydrogen (secondary N) is 3. The maximum Gasteiger partial charge on any atom is 0.323 e. The van der Waals surface area contributed by atoms with Crippen LogP contribution in [0, 0.1) is 0 Å². The van der Waals surface area contributed by atoms with E-state index in [4.69, 9.17) is 0 Å². The molecule has 3 amide bonds. The van der Waals surface area contributed by atoms with E-state index in [0.717, 1.165) is 36.5 Å². The summed E-state index contributed by atoms with van der Waals surface area (Å²) >= 11 is 1.65. The molecule has 1 aliphatic rings. The fourth-order valence-electron chi connectivity index (χ4n) is 4.80. The zero-order valence-corrected chi connectivity index (χ0v) is 22.8. The minimum Gasteiger partial charge on any atom is -0.366 e. The fraction of sp³-hybridized carbons (Fsp3) is 0.188. The lowest BCUT2D eigenvalue weighted by Gasteiger charge is -2.32. The summed E-state index contributed by atoms with van der Waals surface area (Å²) in [5.74, 6) is -0.156. The molecule has 0 fully saturated rings. The molecule has 0 bridgehead atoms. The van der Waals surface area contributed by atoms with Crippen LogP contribution in [0.2, 0.25) is 0 Å². The first-order valence-corrected chi connectivity index (χ1v) is 14.3. The first kappa shape index (κ1) is 26.4. The number of carbonyl (C=O) groups is 2. The molecule has 4 aromatic rings. The van der Waals surface area contributed by atoms with Crippen molar-refractivity contribution < 1.29 is 9.59 Å². The van der Waals surface area contributed by atoms with Gasteiger partial charge in [-0.2, -0.15) is 0 Å². The van der Waals surface area contributed by atoms with Gasteiger partial charge in [0.05, 0.1) is 5.56 Å². The molecule has 0 atom stereocenters. The molecule has 5 rings (SSSR count). The quantitative estimate of drug-likeness (QED) is 0.222. The third-order valence-electron chi connectivity index (χ3n) is 6.86. The molecular formula is C32H32N4O2S. The topological polar surface area (TPSA) is 73.5 Å². The van der Waals surface area contributed by atoms with Gasteiger partial charge in [-0.25, -0.2) is 4.79 Å². The van der Waals surface area contributed by atoms with E-state index >= 15 is 0 Å². The van der Waals surface area contributed by atoms with Crippen molar-refractivity contribution in [3.8, 4) is 0 Å². The minimum atomic E-state index is -0.359. The van der Waals surface area contributed by atoms with Crippen molar-refractivity contribution in [3.63, 3.8) is 0 Å². The lowest BCUT2D eigenvalue weighted by Crippen LogP contribution is -2.33. The third kappa shape index (κ3) is 6.81. The van der Waals surface area contributed by atoms with Gasteiger partial charge in [0.15, 0.2) is 0 Å². The number of fused-ring (bicyclic) bond motifs is 1. The van der Waals surface area contributed by atoms with E-state index in [0.29, 0.717) is 23.5 Å². The first-order valence-electron chi connectivity index (χ1n) is 13.1. The van der Waals surface area contributed by atoms with Crippen LogP contribution in [0.4, 0.5) is 21.9 Å². The van der Waals surface area contributed by atoms with E-state index in [-0.39, 0.29) is 11.9 Å². The first-order chi connectivity index (χ1) is 19.1. The standard InChI is InChI=1S/C32H32N4O2S/c1-39-28-14-11-26(12-15-28)34-32(38)35-27-13-16-30(36-20-18-24-9-5-6-10-25(24)22-36)29(21-27)31(37)33-19-17-23-7-3-2-4-8-23/h2-16,21H,17-20,22H2,1H3,(H,33,37)(H2,34,35,38). The monoisotopic (exact) mass is 536 g/mol. The van der Waals surface area contributed by atoms with Gasteiger partial charge in [0.1, 0.15) is 0 Å². The number of hydrogen-bond acceptors (Lipinski definition) is 4. The summed E-state index contributed by atoms with van der Waals surface area (Å²) in [6, 6.07) is 31.4. The highest BCUT2D eigenvalue weighted by atomic mass is 32.2. The summed E-state index contributed by atoms with van der Waals surface area (Å²) in [6.45, 7) is 2.08. The number of carbonyl (C=O) groups excluding carboxylic acids is 2. The van der Waals surface area contributed by atoms with Crippen LogP contribution in [0.15, 0.2) is 102 Å². The van der Waals surface area contributed by atoms with Crippen molar-refractivity contribution in [2.24, 2.45) is 0 Å². The Bertz CT molecular complexity index is 1440. The Labute approximate surface area is 233 Å². The SMILES string of the molecule is CSc1ccc(NC(=O)Nc2ccc(N3CCc4ccccc4C3)c(C(=O)NCCc3ccccc3)c2)cc1. The zero-order chi connectivity index (χ0) is 27.0. The molecule has 0 aliphatic carbocycles. The van der Waals surface area contributed by atoms with Crippen molar-refractivity contribution in [1.29, 1.82) is 0 Å². The number of urea groups is 1. The zero-order valence-electron chi connectivity index (χ0n) is 21.9. The number of benzene rings is 4. The predicted octanol–water partition coefficient (Wildman–Crippen LogP) is 6.59. The number of nitrogens with zero attached hydrogens (tertiary/aromatic N) is 1. The van der Waals surface area contributed by atoms with Gasteiger partial charge >= 0.3 is 6.03 Å². The Morgan fingerprint density at radius 3 is 2.28 bits per heavy atom. The van der Waals surface area contributed by atoms with Gasteiger partial charge in [-0.1, -0.05) is 54.6 Å². The van der Waals surface area contributed by atoms with Crippen LogP contribution < -0.4 is 20.9 Å². The lowest BCUT2D eigenvalue weighted by molar-refractivity contribution is 0.0954. The van der Waals surface area contributed by atoms with Crippen molar-refractivity contribution in [2.45, 2.75) is 24.3 Å². The second kappa shape index (κ2) is 12.5. The van der Waals surface area contributed by atoms with Gasteiger partial charge < -0.3 is 20.9 Å². The van der Waals surface area contributed by atoms with Crippen LogP contribution in [0.25, 0.3) is 0 Å². The van der Waals surface area contributed by atoms with Crippen LogP contribution in [0.3, 0.4) is 0 Å². The van der Waals surface area contributed by atoms with E-state index in [1.807, 2.05) is 60.9 Å². The summed E-state index contributed by atoms with van der Waals surface area (Å²) in [7, 11) is 0. The second-order valence-corrected chi connectivity index (χ2v) is 10.4. The molecule has 1 aliphatic heterocycles. The summed E-state index contributed by atoms with van der Waals surface area (Å²) in [4.78, 5) is 29.6. The third-order valence-corrected chi connectivity index (χ3v) is 7.60. The average Bonchev–Trinajstić information content (AvgIpc) is 2.97. The molecule has 1 heterocycles. The number of amides is 3. The predicted molar refractivity (Wildman–Crippen MR) is 161 cm³/mol. The van der Waals surface area contributed by atoms with Crippen LogP contribution >= 0.6 is 11.8 Å². The Kier molecular flexibility index (Phi) is 8.48. The van der Waals surface area contributed by atoms with E-state index in [9.17, 15) is 9.59 Å². The van der Waals surface area contributed by atoms with Crippen molar-refractivity contribution in [3.05, 3.63) is 119 Å². The summed E-state index contributed by atoms with van der Waals surface area (Å²) in [6.07, 6.45) is 3.68. The maximum absolute atomic E-state index is 13.5. The molecule has 0 saturated heterocycles. The van der Waals surface area contributed by atoms with E-state index < -0.39 is 0 Å². The van der Waals surface area contributed by atoms with Crippen LogP contribution in [0.1, 0.15) is 27.0 Å². The highest BCUT2D eigenvalue weighted by molar-refractivity contribution is 7.98. The number of rotatable bonds is 8. The average molecular weight is 537 g/mol. The highest BCUT2D eigenvalue weighted by Crippen LogP contribution is 2.30. The summed E-state index contributed by atoms with van der Waals surface area (Å²) in [5, 5.41) is 8.83. The second-order valence-electron chi connectivity index (χ2n) is 9.47. The van der Waals surface area contributed by atoms with Crippen LogP contribution in [-0.2, 0) is 19.4 Å². The minimum absolute atomic E-state index is 0.156. The maximum atomic E-state index is 13.5. The molecule has 0 saturated carbocycles. The molecule has 0 radical (unpaired) electrons. The molecule has 0 aromatic heterocycles.